The minimum atomic E-state index is 0.802. The third kappa shape index (κ3) is 4.15. The first-order valence-electron chi connectivity index (χ1n) is 9.53. The molecule has 0 bridgehead atoms. The molecule has 5 heteroatoms. The van der Waals surface area contributed by atoms with Gasteiger partial charge in [-0.25, -0.2) is 0 Å². The van der Waals surface area contributed by atoms with Crippen molar-refractivity contribution in [3.8, 4) is 5.69 Å². The standard InChI is InChI=1S/C23H24IN3O/c1-17-14-19(18(2)27(17)23-5-3-4-20(24)15-23)16-25-21-6-8-22(9-7-21)26-10-12-28-13-11-26/h3-9,14-16H,10-13H2,1-2H3. The average Bonchev–Trinajstić information content (AvgIpc) is 3.01. The number of hydrogen-bond donors (Lipinski definition) is 0. The fourth-order valence-corrected chi connectivity index (χ4v) is 4.17. The van der Waals surface area contributed by atoms with Gasteiger partial charge in [-0.1, -0.05) is 6.07 Å². The zero-order valence-electron chi connectivity index (χ0n) is 16.2. The number of aromatic nitrogens is 1. The van der Waals surface area contributed by atoms with E-state index in [-0.39, 0.29) is 0 Å². The largest absolute Gasteiger partial charge is 0.378 e. The maximum absolute atomic E-state index is 5.43. The van der Waals surface area contributed by atoms with E-state index >= 15 is 0 Å². The second kappa shape index (κ2) is 8.49. The van der Waals surface area contributed by atoms with Crippen molar-refractivity contribution >= 4 is 40.2 Å². The van der Waals surface area contributed by atoms with Gasteiger partial charge in [0.15, 0.2) is 0 Å². The van der Waals surface area contributed by atoms with E-state index in [1.807, 2.05) is 6.21 Å². The monoisotopic (exact) mass is 485 g/mol. The molecule has 0 aliphatic carbocycles. The summed E-state index contributed by atoms with van der Waals surface area (Å²) in [6, 6.07) is 19.2. The quantitative estimate of drug-likeness (QED) is 0.372. The lowest BCUT2D eigenvalue weighted by atomic mass is 10.2. The first-order valence-corrected chi connectivity index (χ1v) is 10.6. The van der Waals surface area contributed by atoms with Gasteiger partial charge in [0.2, 0.25) is 0 Å². The summed E-state index contributed by atoms with van der Waals surface area (Å²) in [7, 11) is 0. The number of nitrogens with zero attached hydrogens (tertiary/aromatic N) is 3. The minimum Gasteiger partial charge on any atom is -0.378 e. The van der Waals surface area contributed by atoms with E-state index in [0.29, 0.717) is 0 Å². The topological polar surface area (TPSA) is 29.8 Å². The molecule has 0 unspecified atom stereocenters. The number of hydrogen-bond acceptors (Lipinski definition) is 3. The van der Waals surface area contributed by atoms with Gasteiger partial charge >= 0.3 is 0 Å². The Bertz CT molecular complexity index is 986. The van der Waals surface area contributed by atoms with Gasteiger partial charge in [-0.05, 0) is 85.0 Å². The third-order valence-electron chi connectivity index (χ3n) is 5.12. The summed E-state index contributed by atoms with van der Waals surface area (Å²) >= 11 is 2.36. The Kier molecular flexibility index (Phi) is 5.82. The maximum atomic E-state index is 5.43. The summed E-state index contributed by atoms with van der Waals surface area (Å²) < 4.78 is 8.94. The molecule has 3 aromatic rings. The molecule has 0 N–H and O–H groups in total. The number of benzene rings is 2. The summed E-state index contributed by atoms with van der Waals surface area (Å²) in [6.45, 7) is 7.79. The van der Waals surface area contributed by atoms with Crippen molar-refractivity contribution in [1.82, 2.24) is 4.57 Å². The number of rotatable bonds is 4. The lowest BCUT2D eigenvalue weighted by Gasteiger charge is -2.28. The van der Waals surface area contributed by atoms with E-state index in [0.717, 1.165) is 37.6 Å². The van der Waals surface area contributed by atoms with Gasteiger partial charge in [-0.3, -0.25) is 4.99 Å². The second-order valence-corrected chi connectivity index (χ2v) is 8.26. The molecule has 1 aliphatic rings. The molecule has 2 heterocycles. The Morgan fingerprint density at radius 3 is 2.43 bits per heavy atom. The van der Waals surface area contributed by atoms with Gasteiger partial charge in [0.1, 0.15) is 0 Å². The Labute approximate surface area is 180 Å². The lowest BCUT2D eigenvalue weighted by molar-refractivity contribution is 0.122. The fourth-order valence-electron chi connectivity index (χ4n) is 3.65. The van der Waals surface area contributed by atoms with Gasteiger partial charge < -0.3 is 14.2 Å². The van der Waals surface area contributed by atoms with Crippen LogP contribution in [0.5, 0.6) is 0 Å². The average molecular weight is 485 g/mol. The van der Waals surface area contributed by atoms with Gasteiger partial charge in [0.25, 0.3) is 0 Å². The van der Waals surface area contributed by atoms with E-state index in [4.69, 9.17) is 9.73 Å². The molecule has 0 amide bonds. The second-order valence-electron chi connectivity index (χ2n) is 7.02. The van der Waals surface area contributed by atoms with Gasteiger partial charge in [0.05, 0.1) is 18.9 Å². The Morgan fingerprint density at radius 2 is 1.71 bits per heavy atom. The molecule has 1 fully saturated rings. The number of aliphatic imine (C=N–C) groups is 1. The molecule has 28 heavy (non-hydrogen) atoms. The molecular formula is C23H24IN3O. The van der Waals surface area contributed by atoms with Crippen LogP contribution < -0.4 is 4.90 Å². The summed E-state index contributed by atoms with van der Waals surface area (Å²) in [5, 5.41) is 0. The van der Waals surface area contributed by atoms with Crippen LogP contribution in [0.3, 0.4) is 0 Å². The summed E-state index contributed by atoms with van der Waals surface area (Å²) in [5.74, 6) is 0. The Morgan fingerprint density at radius 1 is 0.964 bits per heavy atom. The number of anilines is 1. The van der Waals surface area contributed by atoms with Crippen LogP contribution in [0, 0.1) is 17.4 Å². The maximum Gasteiger partial charge on any atom is 0.0642 e. The van der Waals surface area contributed by atoms with Crippen molar-refractivity contribution in [2.75, 3.05) is 31.2 Å². The molecule has 1 aliphatic heterocycles. The van der Waals surface area contributed by atoms with Gasteiger partial charge in [-0.15, -0.1) is 0 Å². The Balaban J connectivity index is 1.54. The van der Waals surface area contributed by atoms with E-state index in [9.17, 15) is 0 Å². The lowest BCUT2D eigenvalue weighted by Crippen LogP contribution is -2.36. The predicted octanol–water partition coefficient (Wildman–Crippen LogP) is 5.29. The molecule has 4 nitrogen and oxygen atoms in total. The van der Waals surface area contributed by atoms with Crippen molar-refractivity contribution in [2.45, 2.75) is 13.8 Å². The first-order chi connectivity index (χ1) is 13.6. The van der Waals surface area contributed by atoms with E-state index in [1.165, 1.54) is 26.3 Å². The molecule has 0 spiro atoms. The van der Waals surface area contributed by atoms with E-state index in [2.05, 4.69) is 101 Å². The highest BCUT2D eigenvalue weighted by Gasteiger charge is 2.11. The predicted molar refractivity (Wildman–Crippen MR) is 125 cm³/mol. The number of aryl methyl sites for hydroxylation is 1. The molecule has 1 aromatic heterocycles. The zero-order valence-corrected chi connectivity index (χ0v) is 18.4. The fraction of sp³-hybridized carbons (Fsp3) is 0.261. The van der Waals surface area contributed by atoms with E-state index < -0.39 is 0 Å². The van der Waals surface area contributed by atoms with Crippen LogP contribution in [0.1, 0.15) is 17.0 Å². The Hall–Kier alpha value is -2.12. The summed E-state index contributed by atoms with van der Waals surface area (Å²) in [6.07, 6.45) is 1.97. The molecule has 0 atom stereocenters. The molecule has 0 saturated carbocycles. The zero-order chi connectivity index (χ0) is 19.5. The molecule has 1 saturated heterocycles. The van der Waals surface area contributed by atoms with Crippen LogP contribution in [0.4, 0.5) is 11.4 Å². The number of morpholine rings is 1. The van der Waals surface area contributed by atoms with Gasteiger partial charge in [-0.2, -0.15) is 0 Å². The molecule has 2 aromatic carbocycles. The van der Waals surface area contributed by atoms with Gasteiger partial charge in [0, 0.05) is 51.2 Å². The highest BCUT2D eigenvalue weighted by Crippen LogP contribution is 2.23. The van der Waals surface area contributed by atoms with Crippen molar-refractivity contribution in [1.29, 1.82) is 0 Å². The highest BCUT2D eigenvalue weighted by molar-refractivity contribution is 14.1. The van der Waals surface area contributed by atoms with E-state index in [1.54, 1.807) is 0 Å². The first kappa shape index (κ1) is 19.2. The van der Waals surface area contributed by atoms with Crippen LogP contribution in [0.25, 0.3) is 5.69 Å². The van der Waals surface area contributed by atoms with Crippen molar-refractivity contribution in [3.05, 3.63) is 75.1 Å². The van der Waals surface area contributed by atoms with Crippen LogP contribution in [0.15, 0.2) is 59.6 Å². The normalized spacial score (nSPS) is 14.8. The smallest absolute Gasteiger partial charge is 0.0642 e. The number of halogens is 1. The number of ether oxygens (including phenoxy) is 1. The molecule has 4 rings (SSSR count). The van der Waals surface area contributed by atoms with Crippen LogP contribution in [-0.4, -0.2) is 37.1 Å². The van der Waals surface area contributed by atoms with Crippen LogP contribution in [-0.2, 0) is 4.74 Å². The van der Waals surface area contributed by atoms with Crippen molar-refractivity contribution in [2.24, 2.45) is 4.99 Å². The molecule has 0 radical (unpaired) electrons. The third-order valence-corrected chi connectivity index (χ3v) is 5.79. The van der Waals surface area contributed by atoms with Crippen LogP contribution >= 0.6 is 22.6 Å². The summed E-state index contributed by atoms with van der Waals surface area (Å²) in [5.41, 5.74) is 6.96. The summed E-state index contributed by atoms with van der Waals surface area (Å²) in [4.78, 5) is 7.06. The molecular weight excluding hydrogens is 461 g/mol. The minimum absolute atomic E-state index is 0.802. The SMILES string of the molecule is Cc1cc(C=Nc2ccc(N3CCOCC3)cc2)c(C)n1-c1cccc(I)c1. The van der Waals surface area contributed by atoms with Crippen molar-refractivity contribution in [3.63, 3.8) is 0 Å². The highest BCUT2D eigenvalue weighted by atomic mass is 127. The van der Waals surface area contributed by atoms with Crippen molar-refractivity contribution < 1.29 is 4.74 Å². The van der Waals surface area contributed by atoms with Crippen LogP contribution in [0.2, 0.25) is 0 Å². The molecule has 144 valence electrons.